The van der Waals surface area contributed by atoms with E-state index in [-0.39, 0.29) is 5.75 Å². The monoisotopic (exact) mass is 194 g/mol. The van der Waals surface area contributed by atoms with Crippen molar-refractivity contribution in [2.75, 3.05) is 0 Å². The average molecular weight is 194 g/mol. The Kier molecular flexibility index (Phi) is 2.79. The number of rotatable bonds is 3. The predicted octanol–water partition coefficient (Wildman–Crippen LogP) is 2.05. The molecule has 0 bridgehead atoms. The predicted molar refractivity (Wildman–Crippen MR) is 53.2 cm³/mol. The fraction of sp³-hybridized carbons (Fsp3) is 0.364. The van der Waals surface area contributed by atoms with Crippen LogP contribution in [0.3, 0.4) is 0 Å². The minimum absolute atomic E-state index is 0.154. The zero-order valence-corrected chi connectivity index (χ0v) is 8.32. The number of carboxylic acids is 1. The van der Waals surface area contributed by atoms with Crippen molar-refractivity contribution in [3.8, 4) is 5.75 Å². The molecular formula is C11H14O3. The number of aromatic hydroxyl groups is 1. The van der Waals surface area contributed by atoms with Gasteiger partial charge in [-0.05, 0) is 31.9 Å². The summed E-state index contributed by atoms with van der Waals surface area (Å²) in [4.78, 5) is 10.9. The summed E-state index contributed by atoms with van der Waals surface area (Å²) in [7, 11) is 0. The molecule has 0 unspecified atom stereocenters. The van der Waals surface area contributed by atoms with Gasteiger partial charge in [0.05, 0.1) is 5.41 Å². The first-order chi connectivity index (χ1) is 6.43. The van der Waals surface area contributed by atoms with Crippen molar-refractivity contribution in [3.63, 3.8) is 0 Å². The Morgan fingerprint density at radius 1 is 1.36 bits per heavy atom. The Morgan fingerprint density at radius 3 is 2.43 bits per heavy atom. The summed E-state index contributed by atoms with van der Waals surface area (Å²) in [6.45, 7) is 3.28. The van der Waals surface area contributed by atoms with Crippen molar-refractivity contribution in [2.45, 2.75) is 20.3 Å². The van der Waals surface area contributed by atoms with Crippen LogP contribution in [0, 0.1) is 5.41 Å². The lowest BCUT2D eigenvalue weighted by molar-refractivity contribution is -0.146. The zero-order chi connectivity index (χ0) is 10.8. The van der Waals surface area contributed by atoms with Gasteiger partial charge in [-0.3, -0.25) is 4.79 Å². The van der Waals surface area contributed by atoms with Gasteiger partial charge < -0.3 is 10.2 Å². The van der Waals surface area contributed by atoms with Gasteiger partial charge in [-0.25, -0.2) is 0 Å². The first-order valence-corrected chi connectivity index (χ1v) is 4.44. The third-order valence-electron chi connectivity index (χ3n) is 2.20. The van der Waals surface area contributed by atoms with Crippen molar-refractivity contribution >= 4 is 5.97 Å². The Bertz CT molecular complexity index is 342. The van der Waals surface area contributed by atoms with E-state index in [0.29, 0.717) is 12.0 Å². The molecule has 2 N–H and O–H groups in total. The third kappa shape index (κ3) is 2.25. The minimum atomic E-state index is -0.860. The van der Waals surface area contributed by atoms with Crippen LogP contribution in [0.15, 0.2) is 24.3 Å². The Morgan fingerprint density at radius 2 is 1.93 bits per heavy atom. The lowest BCUT2D eigenvalue weighted by Crippen LogP contribution is -2.26. The van der Waals surface area contributed by atoms with Gasteiger partial charge >= 0.3 is 5.97 Å². The van der Waals surface area contributed by atoms with E-state index >= 15 is 0 Å². The Balaban J connectivity index is 2.89. The van der Waals surface area contributed by atoms with E-state index in [2.05, 4.69) is 0 Å². The first kappa shape index (κ1) is 10.6. The Hall–Kier alpha value is -1.51. The van der Waals surface area contributed by atoms with E-state index in [0.717, 1.165) is 0 Å². The highest BCUT2D eigenvalue weighted by molar-refractivity contribution is 5.74. The standard InChI is InChI=1S/C11H14O3/c1-11(2,10(13)14)7-8-5-3-4-6-9(8)12/h3-6,12H,7H2,1-2H3,(H,13,14). The van der Waals surface area contributed by atoms with Crippen LogP contribution < -0.4 is 0 Å². The van der Waals surface area contributed by atoms with Crippen molar-refractivity contribution in [3.05, 3.63) is 29.8 Å². The van der Waals surface area contributed by atoms with E-state index in [1.807, 2.05) is 0 Å². The van der Waals surface area contributed by atoms with Crippen LogP contribution in [0.2, 0.25) is 0 Å². The van der Waals surface area contributed by atoms with Crippen molar-refractivity contribution in [1.82, 2.24) is 0 Å². The molecule has 0 aliphatic carbocycles. The quantitative estimate of drug-likeness (QED) is 0.774. The van der Waals surface area contributed by atoms with Crippen LogP contribution in [0.4, 0.5) is 0 Å². The Labute approximate surface area is 83.0 Å². The molecule has 1 aromatic carbocycles. The summed E-state index contributed by atoms with van der Waals surface area (Å²) in [5.74, 6) is -0.706. The first-order valence-electron chi connectivity index (χ1n) is 4.44. The van der Waals surface area contributed by atoms with Gasteiger partial charge in [-0.15, -0.1) is 0 Å². The summed E-state index contributed by atoms with van der Waals surface area (Å²) in [6.07, 6.45) is 0.328. The second-order valence-corrected chi connectivity index (χ2v) is 3.99. The number of para-hydroxylation sites is 1. The number of benzene rings is 1. The van der Waals surface area contributed by atoms with Crippen LogP contribution in [0.5, 0.6) is 5.75 Å². The van der Waals surface area contributed by atoms with Crippen molar-refractivity contribution < 1.29 is 15.0 Å². The molecule has 0 saturated heterocycles. The van der Waals surface area contributed by atoms with Crippen molar-refractivity contribution in [2.24, 2.45) is 5.41 Å². The molecule has 0 spiro atoms. The van der Waals surface area contributed by atoms with E-state index in [1.165, 1.54) is 0 Å². The molecule has 0 amide bonds. The maximum absolute atomic E-state index is 10.9. The third-order valence-corrected chi connectivity index (χ3v) is 2.20. The van der Waals surface area contributed by atoms with E-state index < -0.39 is 11.4 Å². The number of aliphatic carboxylic acids is 1. The molecule has 0 aromatic heterocycles. The van der Waals surface area contributed by atoms with Gasteiger partial charge in [-0.2, -0.15) is 0 Å². The molecular weight excluding hydrogens is 180 g/mol. The fourth-order valence-corrected chi connectivity index (χ4v) is 1.21. The second-order valence-electron chi connectivity index (χ2n) is 3.99. The van der Waals surface area contributed by atoms with Crippen molar-refractivity contribution in [1.29, 1.82) is 0 Å². The number of hydrogen-bond donors (Lipinski definition) is 2. The number of carboxylic acid groups (broad SMARTS) is 1. The fourth-order valence-electron chi connectivity index (χ4n) is 1.21. The van der Waals surface area contributed by atoms with Gasteiger partial charge in [0, 0.05) is 0 Å². The molecule has 0 aliphatic heterocycles. The van der Waals surface area contributed by atoms with E-state index in [1.54, 1.807) is 38.1 Å². The summed E-state index contributed by atoms with van der Waals surface area (Å²) >= 11 is 0. The van der Waals surface area contributed by atoms with E-state index in [9.17, 15) is 9.90 Å². The molecule has 14 heavy (non-hydrogen) atoms. The highest BCUT2D eigenvalue weighted by atomic mass is 16.4. The second kappa shape index (κ2) is 3.70. The maximum Gasteiger partial charge on any atom is 0.309 e. The molecule has 0 aliphatic rings. The van der Waals surface area contributed by atoms with Gasteiger partial charge in [0.2, 0.25) is 0 Å². The largest absolute Gasteiger partial charge is 0.508 e. The normalized spacial score (nSPS) is 11.3. The zero-order valence-electron chi connectivity index (χ0n) is 8.32. The van der Waals surface area contributed by atoms with Crippen LogP contribution in [0.25, 0.3) is 0 Å². The SMILES string of the molecule is CC(C)(Cc1ccccc1O)C(=O)O. The topological polar surface area (TPSA) is 57.5 Å². The minimum Gasteiger partial charge on any atom is -0.508 e. The highest BCUT2D eigenvalue weighted by Gasteiger charge is 2.28. The molecule has 0 radical (unpaired) electrons. The molecule has 1 rings (SSSR count). The number of phenols is 1. The molecule has 0 saturated carbocycles. The van der Waals surface area contributed by atoms with E-state index in [4.69, 9.17) is 5.11 Å². The summed E-state index contributed by atoms with van der Waals surface area (Å²) in [5, 5.41) is 18.4. The maximum atomic E-state index is 10.9. The number of phenolic OH excluding ortho intramolecular Hbond substituents is 1. The number of hydrogen-bond acceptors (Lipinski definition) is 2. The van der Waals surface area contributed by atoms with Gasteiger partial charge in [0.1, 0.15) is 5.75 Å². The summed E-state index contributed by atoms with van der Waals surface area (Å²) < 4.78 is 0. The van der Waals surface area contributed by atoms with Crippen LogP contribution in [-0.2, 0) is 11.2 Å². The highest BCUT2D eigenvalue weighted by Crippen LogP contribution is 2.26. The van der Waals surface area contributed by atoms with Gasteiger partial charge in [0.15, 0.2) is 0 Å². The number of carbonyl (C=O) groups is 1. The van der Waals surface area contributed by atoms with Crippen LogP contribution >= 0.6 is 0 Å². The average Bonchev–Trinajstić information content (AvgIpc) is 2.08. The lowest BCUT2D eigenvalue weighted by atomic mass is 9.86. The van der Waals surface area contributed by atoms with Crippen LogP contribution in [-0.4, -0.2) is 16.2 Å². The van der Waals surface area contributed by atoms with Gasteiger partial charge in [0.25, 0.3) is 0 Å². The van der Waals surface area contributed by atoms with Gasteiger partial charge in [-0.1, -0.05) is 18.2 Å². The molecule has 76 valence electrons. The summed E-state index contributed by atoms with van der Waals surface area (Å²) in [5.41, 5.74) is -0.182. The molecule has 3 heteroatoms. The molecule has 0 atom stereocenters. The molecule has 1 aromatic rings. The molecule has 0 heterocycles. The summed E-state index contributed by atoms with van der Waals surface area (Å²) in [6, 6.07) is 6.80. The smallest absolute Gasteiger partial charge is 0.309 e. The molecule has 3 nitrogen and oxygen atoms in total. The molecule has 0 fully saturated rings. The lowest BCUT2D eigenvalue weighted by Gasteiger charge is -2.19. The van der Waals surface area contributed by atoms with Crippen LogP contribution in [0.1, 0.15) is 19.4 Å².